The Bertz CT molecular complexity index is 1300. The topological polar surface area (TPSA) is 154 Å². The van der Waals surface area contributed by atoms with Crippen molar-refractivity contribution in [2.45, 2.75) is 46.5 Å². The minimum atomic E-state index is -0.578. The quantitative estimate of drug-likeness (QED) is 0.320. The zero-order valence-electron chi connectivity index (χ0n) is 19.7. The van der Waals surface area contributed by atoms with Gasteiger partial charge in [-0.05, 0) is 48.4 Å². The predicted molar refractivity (Wildman–Crippen MR) is 122 cm³/mol. The van der Waals surface area contributed by atoms with Crippen LogP contribution in [0.2, 0.25) is 0 Å². The first-order valence-electron chi connectivity index (χ1n) is 11.1. The Labute approximate surface area is 201 Å². The molecular formula is C23H26N8O4. The average Bonchev–Trinajstić information content (AvgIpc) is 3.52. The molecule has 1 aromatic carbocycles. The number of aliphatic hydroxyl groups is 1. The molecule has 0 amide bonds. The van der Waals surface area contributed by atoms with E-state index in [2.05, 4.69) is 36.0 Å². The van der Waals surface area contributed by atoms with Gasteiger partial charge in [0.05, 0.1) is 30.6 Å². The maximum Gasteiger partial charge on any atom is 0.360 e. The van der Waals surface area contributed by atoms with Crippen molar-refractivity contribution < 1.29 is 19.1 Å². The minimum absolute atomic E-state index is 0.0679. The van der Waals surface area contributed by atoms with Crippen molar-refractivity contribution in [1.29, 1.82) is 0 Å². The number of oxazole rings is 1. The molecule has 3 heterocycles. The van der Waals surface area contributed by atoms with Gasteiger partial charge in [-0.1, -0.05) is 24.3 Å². The van der Waals surface area contributed by atoms with Gasteiger partial charge in [0.1, 0.15) is 6.54 Å². The first kappa shape index (κ1) is 24.1. The monoisotopic (exact) mass is 478 g/mol. The zero-order valence-corrected chi connectivity index (χ0v) is 19.7. The summed E-state index contributed by atoms with van der Waals surface area (Å²) in [6.45, 7) is 6.09. The Morgan fingerprint density at radius 1 is 1.20 bits per heavy atom. The Morgan fingerprint density at radius 3 is 2.77 bits per heavy atom. The molecule has 4 rings (SSSR count). The number of aliphatic hydroxyl groups excluding tert-OH is 1. The van der Waals surface area contributed by atoms with Crippen LogP contribution in [0.1, 0.15) is 63.1 Å². The van der Waals surface area contributed by atoms with Gasteiger partial charge in [-0.2, -0.15) is 10.2 Å². The lowest BCUT2D eigenvalue weighted by atomic mass is 10.0. The number of esters is 1. The standard InChI is InChI=1S/C23H26N8O4/c1-4-34-23(33)21-19(35-13-25-21)11-31-22(28-29-30-31)20(18-9-14(2)26-27-15(18)3)24-10-16-7-5-6-8-17(16)12-32/h5-9,13,20,24,32H,4,10-12H2,1-3H3. The third-order valence-corrected chi connectivity index (χ3v) is 5.46. The van der Waals surface area contributed by atoms with E-state index >= 15 is 0 Å². The van der Waals surface area contributed by atoms with E-state index in [1.165, 1.54) is 11.1 Å². The second kappa shape index (κ2) is 10.9. The van der Waals surface area contributed by atoms with Crippen molar-refractivity contribution >= 4 is 5.97 Å². The van der Waals surface area contributed by atoms with E-state index in [1.807, 2.05) is 44.2 Å². The van der Waals surface area contributed by atoms with Gasteiger partial charge in [0.15, 0.2) is 23.7 Å². The van der Waals surface area contributed by atoms with Gasteiger partial charge in [0.2, 0.25) is 0 Å². The number of carbonyl (C=O) groups is 1. The molecule has 12 heteroatoms. The summed E-state index contributed by atoms with van der Waals surface area (Å²) in [5.74, 6) is 0.182. The van der Waals surface area contributed by atoms with Gasteiger partial charge in [-0.3, -0.25) is 5.32 Å². The molecule has 0 fully saturated rings. The molecule has 1 atom stereocenters. The van der Waals surface area contributed by atoms with Crippen molar-refractivity contribution in [1.82, 2.24) is 40.7 Å². The Hall–Kier alpha value is -4.03. The number of hydrogen-bond acceptors (Lipinski definition) is 11. The number of nitrogens with zero attached hydrogens (tertiary/aromatic N) is 7. The number of ether oxygens (including phenoxy) is 1. The van der Waals surface area contributed by atoms with E-state index < -0.39 is 12.0 Å². The highest BCUT2D eigenvalue weighted by Crippen LogP contribution is 2.24. The summed E-state index contributed by atoms with van der Waals surface area (Å²) in [6.07, 6.45) is 1.19. The molecule has 0 aliphatic heterocycles. The smallest absolute Gasteiger partial charge is 0.360 e. The van der Waals surface area contributed by atoms with Crippen LogP contribution >= 0.6 is 0 Å². The summed E-state index contributed by atoms with van der Waals surface area (Å²) in [7, 11) is 0. The first-order valence-corrected chi connectivity index (χ1v) is 11.1. The van der Waals surface area contributed by atoms with Crippen LogP contribution in [0, 0.1) is 13.8 Å². The molecule has 3 aromatic heterocycles. The third kappa shape index (κ3) is 5.39. The van der Waals surface area contributed by atoms with Crippen LogP contribution in [0.25, 0.3) is 0 Å². The van der Waals surface area contributed by atoms with Gasteiger partial charge in [0, 0.05) is 12.1 Å². The van der Waals surface area contributed by atoms with Crippen molar-refractivity contribution in [3.8, 4) is 0 Å². The molecule has 0 aliphatic carbocycles. The minimum Gasteiger partial charge on any atom is -0.461 e. The molecule has 0 aliphatic rings. The summed E-state index contributed by atoms with van der Waals surface area (Å²) in [4.78, 5) is 16.2. The third-order valence-electron chi connectivity index (χ3n) is 5.46. The number of nitrogens with one attached hydrogen (secondary N) is 1. The van der Waals surface area contributed by atoms with Gasteiger partial charge in [-0.25, -0.2) is 14.5 Å². The molecule has 182 valence electrons. The number of hydrogen-bond donors (Lipinski definition) is 2. The highest BCUT2D eigenvalue weighted by atomic mass is 16.5. The highest BCUT2D eigenvalue weighted by Gasteiger charge is 2.26. The van der Waals surface area contributed by atoms with Crippen LogP contribution in [0.15, 0.2) is 41.1 Å². The molecule has 1 unspecified atom stereocenters. The van der Waals surface area contributed by atoms with Crippen LogP contribution in [-0.2, 0) is 24.4 Å². The Balaban J connectivity index is 1.69. The fourth-order valence-corrected chi connectivity index (χ4v) is 3.71. The first-order chi connectivity index (χ1) is 17.0. The Morgan fingerprint density at radius 2 is 2.00 bits per heavy atom. The summed E-state index contributed by atoms with van der Waals surface area (Å²) < 4.78 is 12.0. The van der Waals surface area contributed by atoms with E-state index in [1.54, 1.807) is 6.92 Å². The lowest BCUT2D eigenvalue weighted by Crippen LogP contribution is -2.27. The fourth-order valence-electron chi connectivity index (χ4n) is 3.71. The van der Waals surface area contributed by atoms with E-state index in [4.69, 9.17) is 9.15 Å². The zero-order chi connectivity index (χ0) is 24.8. The van der Waals surface area contributed by atoms with Crippen molar-refractivity contribution in [2.24, 2.45) is 0 Å². The lowest BCUT2D eigenvalue weighted by Gasteiger charge is -2.21. The van der Waals surface area contributed by atoms with Gasteiger partial charge in [-0.15, -0.1) is 5.10 Å². The summed E-state index contributed by atoms with van der Waals surface area (Å²) >= 11 is 0. The van der Waals surface area contributed by atoms with E-state index in [0.29, 0.717) is 18.1 Å². The molecule has 4 aromatic rings. The molecule has 0 spiro atoms. The number of aromatic nitrogens is 7. The fraction of sp³-hybridized carbons (Fsp3) is 0.348. The van der Waals surface area contributed by atoms with Crippen LogP contribution < -0.4 is 5.32 Å². The number of carbonyl (C=O) groups excluding carboxylic acids is 1. The molecular weight excluding hydrogens is 452 g/mol. The van der Waals surface area contributed by atoms with Crippen LogP contribution in [-0.4, -0.2) is 53.1 Å². The normalized spacial score (nSPS) is 12.0. The molecule has 0 bridgehead atoms. The van der Waals surface area contributed by atoms with Crippen LogP contribution in [0.3, 0.4) is 0 Å². The van der Waals surface area contributed by atoms with Crippen LogP contribution in [0.5, 0.6) is 0 Å². The van der Waals surface area contributed by atoms with Crippen molar-refractivity contribution in [3.63, 3.8) is 0 Å². The molecule has 2 N–H and O–H groups in total. The van der Waals surface area contributed by atoms with Crippen molar-refractivity contribution in [2.75, 3.05) is 6.61 Å². The summed E-state index contributed by atoms with van der Waals surface area (Å²) in [5, 5.41) is 33.9. The van der Waals surface area contributed by atoms with Crippen LogP contribution in [0.4, 0.5) is 0 Å². The SMILES string of the molecule is CCOC(=O)c1ncoc1Cn1nnnc1C(NCc1ccccc1CO)c1cc(C)nnc1C. The molecule has 12 nitrogen and oxygen atoms in total. The lowest BCUT2D eigenvalue weighted by molar-refractivity contribution is 0.0517. The Kier molecular flexibility index (Phi) is 7.53. The van der Waals surface area contributed by atoms with Gasteiger partial charge in [0.25, 0.3) is 0 Å². The molecule has 0 saturated heterocycles. The van der Waals surface area contributed by atoms with Gasteiger partial charge >= 0.3 is 5.97 Å². The average molecular weight is 479 g/mol. The molecule has 0 saturated carbocycles. The second-order valence-corrected chi connectivity index (χ2v) is 7.81. The number of rotatable bonds is 10. The van der Waals surface area contributed by atoms with E-state index in [0.717, 1.165) is 22.4 Å². The number of aryl methyl sites for hydroxylation is 2. The van der Waals surface area contributed by atoms with Gasteiger partial charge < -0.3 is 14.3 Å². The maximum absolute atomic E-state index is 12.2. The largest absolute Gasteiger partial charge is 0.461 e. The summed E-state index contributed by atoms with van der Waals surface area (Å²) in [5.41, 5.74) is 4.14. The number of tetrazole rings is 1. The van der Waals surface area contributed by atoms with Crippen molar-refractivity contribution in [3.05, 3.63) is 82.1 Å². The maximum atomic E-state index is 12.2. The van der Waals surface area contributed by atoms with E-state index in [9.17, 15) is 9.90 Å². The molecule has 35 heavy (non-hydrogen) atoms. The predicted octanol–water partition coefficient (Wildman–Crippen LogP) is 1.66. The second-order valence-electron chi connectivity index (χ2n) is 7.81. The van der Waals surface area contributed by atoms with E-state index in [-0.39, 0.29) is 31.2 Å². The highest BCUT2D eigenvalue weighted by molar-refractivity contribution is 5.88. The summed E-state index contributed by atoms with van der Waals surface area (Å²) in [6, 6.07) is 9.07. The number of benzene rings is 1. The molecule has 0 radical (unpaired) electrons.